The number of hydrogen-bond donors (Lipinski definition) is 2. The molecule has 4 heteroatoms. The number of aromatic carboxylic acids is 1. The Morgan fingerprint density at radius 1 is 1.57 bits per heavy atom. The standard InChI is InChI=1S/C10H13NO3/c1-2-14-6-7-4-3-5-8(11)9(7)10(12)13/h3-5H,2,6,11H2,1H3,(H,12,13). The lowest BCUT2D eigenvalue weighted by Crippen LogP contribution is -2.08. The third-order valence-electron chi connectivity index (χ3n) is 1.86. The molecule has 76 valence electrons. The van der Waals surface area contributed by atoms with Crippen molar-refractivity contribution in [3.8, 4) is 0 Å². The summed E-state index contributed by atoms with van der Waals surface area (Å²) >= 11 is 0. The van der Waals surface area contributed by atoms with E-state index in [1.807, 2.05) is 6.92 Å². The number of carboxylic acid groups (broad SMARTS) is 1. The molecule has 0 bridgehead atoms. The quantitative estimate of drug-likeness (QED) is 0.714. The van der Waals surface area contributed by atoms with E-state index in [9.17, 15) is 4.79 Å². The van der Waals surface area contributed by atoms with Gasteiger partial charge >= 0.3 is 5.97 Å². The van der Waals surface area contributed by atoms with Gasteiger partial charge in [0, 0.05) is 12.3 Å². The zero-order valence-corrected chi connectivity index (χ0v) is 7.99. The van der Waals surface area contributed by atoms with Gasteiger partial charge in [0.2, 0.25) is 0 Å². The van der Waals surface area contributed by atoms with Crippen molar-refractivity contribution in [3.05, 3.63) is 29.3 Å². The highest BCUT2D eigenvalue weighted by Crippen LogP contribution is 2.17. The highest BCUT2D eigenvalue weighted by atomic mass is 16.5. The molecule has 1 rings (SSSR count). The summed E-state index contributed by atoms with van der Waals surface area (Å²) in [5.74, 6) is -1.02. The Bertz CT molecular complexity index is 336. The van der Waals surface area contributed by atoms with E-state index in [0.29, 0.717) is 12.2 Å². The van der Waals surface area contributed by atoms with Crippen molar-refractivity contribution in [2.24, 2.45) is 0 Å². The summed E-state index contributed by atoms with van der Waals surface area (Å²) in [6, 6.07) is 4.99. The predicted molar refractivity (Wildman–Crippen MR) is 53.1 cm³/mol. The van der Waals surface area contributed by atoms with Crippen LogP contribution in [0.3, 0.4) is 0 Å². The Kier molecular flexibility index (Phi) is 3.48. The largest absolute Gasteiger partial charge is 0.478 e. The first kappa shape index (κ1) is 10.5. The van der Waals surface area contributed by atoms with Gasteiger partial charge in [-0.05, 0) is 18.6 Å². The Morgan fingerprint density at radius 2 is 2.29 bits per heavy atom. The van der Waals surface area contributed by atoms with E-state index in [-0.39, 0.29) is 17.9 Å². The van der Waals surface area contributed by atoms with Gasteiger partial charge in [-0.25, -0.2) is 4.79 Å². The van der Waals surface area contributed by atoms with Crippen molar-refractivity contribution in [3.63, 3.8) is 0 Å². The molecule has 4 nitrogen and oxygen atoms in total. The van der Waals surface area contributed by atoms with Crippen LogP contribution in [0.15, 0.2) is 18.2 Å². The number of rotatable bonds is 4. The van der Waals surface area contributed by atoms with E-state index in [0.717, 1.165) is 0 Å². The van der Waals surface area contributed by atoms with E-state index >= 15 is 0 Å². The van der Waals surface area contributed by atoms with Crippen LogP contribution in [0.25, 0.3) is 0 Å². The minimum atomic E-state index is -1.02. The second-order valence-corrected chi connectivity index (χ2v) is 2.82. The van der Waals surface area contributed by atoms with Gasteiger partial charge in [-0.15, -0.1) is 0 Å². The second kappa shape index (κ2) is 4.62. The molecule has 0 aromatic heterocycles. The number of anilines is 1. The Labute approximate surface area is 82.3 Å². The molecule has 0 atom stereocenters. The van der Waals surface area contributed by atoms with Crippen molar-refractivity contribution in [1.82, 2.24) is 0 Å². The van der Waals surface area contributed by atoms with E-state index in [2.05, 4.69) is 0 Å². The molecule has 0 amide bonds. The molecule has 0 unspecified atom stereocenters. The van der Waals surface area contributed by atoms with Crippen molar-refractivity contribution < 1.29 is 14.6 Å². The number of hydrogen-bond acceptors (Lipinski definition) is 3. The number of nitrogen functional groups attached to an aromatic ring is 1. The second-order valence-electron chi connectivity index (χ2n) is 2.82. The molecule has 3 N–H and O–H groups in total. The summed E-state index contributed by atoms with van der Waals surface area (Å²) in [5.41, 5.74) is 6.58. The van der Waals surface area contributed by atoms with Crippen LogP contribution in [0, 0.1) is 0 Å². The SMILES string of the molecule is CCOCc1cccc(N)c1C(=O)O. The fraction of sp³-hybridized carbons (Fsp3) is 0.300. The minimum absolute atomic E-state index is 0.140. The molecule has 1 aromatic carbocycles. The fourth-order valence-corrected chi connectivity index (χ4v) is 1.21. The maximum Gasteiger partial charge on any atom is 0.338 e. The maximum absolute atomic E-state index is 10.9. The van der Waals surface area contributed by atoms with Crippen LogP contribution in [0.4, 0.5) is 5.69 Å². The van der Waals surface area contributed by atoms with Crippen molar-refractivity contribution in [2.45, 2.75) is 13.5 Å². The first-order valence-corrected chi connectivity index (χ1v) is 4.35. The van der Waals surface area contributed by atoms with Crippen LogP contribution < -0.4 is 5.73 Å². The monoisotopic (exact) mass is 195 g/mol. The highest BCUT2D eigenvalue weighted by molar-refractivity contribution is 5.95. The highest BCUT2D eigenvalue weighted by Gasteiger charge is 2.12. The van der Waals surface area contributed by atoms with Gasteiger partial charge in [0.1, 0.15) is 0 Å². The Hall–Kier alpha value is -1.55. The maximum atomic E-state index is 10.9. The molecule has 0 spiro atoms. The van der Waals surface area contributed by atoms with Crippen molar-refractivity contribution >= 4 is 11.7 Å². The van der Waals surface area contributed by atoms with Crippen LogP contribution in [0.5, 0.6) is 0 Å². The van der Waals surface area contributed by atoms with E-state index < -0.39 is 5.97 Å². The molecule has 0 aliphatic carbocycles. The summed E-state index contributed by atoms with van der Waals surface area (Å²) in [5, 5.41) is 8.91. The lowest BCUT2D eigenvalue weighted by Gasteiger charge is -2.07. The van der Waals surface area contributed by atoms with Gasteiger partial charge in [0.05, 0.1) is 12.2 Å². The lowest BCUT2D eigenvalue weighted by atomic mass is 10.1. The number of ether oxygens (including phenoxy) is 1. The van der Waals surface area contributed by atoms with Crippen LogP contribution in [-0.4, -0.2) is 17.7 Å². The average Bonchev–Trinajstić information content (AvgIpc) is 2.14. The zero-order valence-electron chi connectivity index (χ0n) is 7.99. The molecule has 0 heterocycles. The molecular formula is C10H13NO3. The number of benzene rings is 1. The summed E-state index contributed by atoms with van der Waals surface area (Å²) < 4.78 is 5.15. The average molecular weight is 195 g/mol. The predicted octanol–water partition coefficient (Wildman–Crippen LogP) is 1.50. The first-order valence-electron chi connectivity index (χ1n) is 4.35. The third-order valence-corrected chi connectivity index (χ3v) is 1.86. The summed E-state index contributed by atoms with van der Waals surface area (Å²) in [7, 11) is 0. The third kappa shape index (κ3) is 2.23. The number of nitrogens with two attached hydrogens (primary N) is 1. The summed E-state index contributed by atoms with van der Waals surface area (Å²) in [4.78, 5) is 10.9. The van der Waals surface area contributed by atoms with Crippen LogP contribution in [0.2, 0.25) is 0 Å². The van der Waals surface area contributed by atoms with Crippen molar-refractivity contribution in [1.29, 1.82) is 0 Å². The first-order chi connectivity index (χ1) is 6.66. The van der Waals surface area contributed by atoms with Gasteiger partial charge in [0.25, 0.3) is 0 Å². The topological polar surface area (TPSA) is 72.5 Å². The Balaban J connectivity index is 3.02. The van der Waals surface area contributed by atoms with E-state index in [4.69, 9.17) is 15.6 Å². The number of carboxylic acids is 1. The van der Waals surface area contributed by atoms with Crippen LogP contribution in [-0.2, 0) is 11.3 Å². The van der Waals surface area contributed by atoms with Gasteiger partial charge < -0.3 is 15.6 Å². The van der Waals surface area contributed by atoms with Gasteiger partial charge in [-0.2, -0.15) is 0 Å². The van der Waals surface area contributed by atoms with Crippen LogP contribution in [0.1, 0.15) is 22.8 Å². The normalized spacial score (nSPS) is 10.1. The fourth-order valence-electron chi connectivity index (χ4n) is 1.21. The molecule has 0 saturated carbocycles. The van der Waals surface area contributed by atoms with Crippen molar-refractivity contribution in [2.75, 3.05) is 12.3 Å². The minimum Gasteiger partial charge on any atom is -0.478 e. The molecule has 0 saturated heterocycles. The van der Waals surface area contributed by atoms with E-state index in [1.165, 1.54) is 0 Å². The molecule has 14 heavy (non-hydrogen) atoms. The van der Waals surface area contributed by atoms with Gasteiger partial charge in [0.15, 0.2) is 0 Å². The molecular weight excluding hydrogens is 182 g/mol. The van der Waals surface area contributed by atoms with E-state index in [1.54, 1.807) is 18.2 Å². The Morgan fingerprint density at radius 3 is 2.86 bits per heavy atom. The molecule has 0 fully saturated rings. The van der Waals surface area contributed by atoms with Gasteiger partial charge in [-0.1, -0.05) is 12.1 Å². The summed E-state index contributed by atoms with van der Waals surface area (Å²) in [6.07, 6.45) is 0. The summed E-state index contributed by atoms with van der Waals surface area (Å²) in [6.45, 7) is 2.68. The molecule has 0 aliphatic rings. The van der Waals surface area contributed by atoms with Gasteiger partial charge in [-0.3, -0.25) is 0 Å². The zero-order chi connectivity index (χ0) is 10.6. The van der Waals surface area contributed by atoms with Crippen LogP contribution >= 0.6 is 0 Å². The molecule has 1 aromatic rings. The lowest BCUT2D eigenvalue weighted by molar-refractivity contribution is 0.0690. The number of carbonyl (C=O) groups is 1. The molecule has 0 aliphatic heterocycles. The molecule has 0 radical (unpaired) electrons. The smallest absolute Gasteiger partial charge is 0.338 e.